The number of hydrogen-bond donors (Lipinski definition) is 3. The maximum Gasteiger partial charge on any atom is 0.323 e. The molecule has 2 aromatic carbocycles. The van der Waals surface area contributed by atoms with Crippen LogP contribution in [0.15, 0.2) is 54.6 Å². The minimum atomic E-state index is -0.327. The molecule has 0 saturated carbocycles. The zero-order valence-electron chi connectivity index (χ0n) is 14.4. The molecule has 0 radical (unpaired) electrons. The summed E-state index contributed by atoms with van der Waals surface area (Å²) < 4.78 is 0. The van der Waals surface area contributed by atoms with Crippen molar-refractivity contribution in [2.75, 3.05) is 23.7 Å². The van der Waals surface area contributed by atoms with Gasteiger partial charge in [0.05, 0.1) is 0 Å². The fourth-order valence-electron chi connectivity index (χ4n) is 2.89. The molecule has 6 nitrogen and oxygen atoms in total. The number of piperidine rings is 1. The molecule has 1 aliphatic rings. The maximum absolute atomic E-state index is 12.5. The Morgan fingerprint density at radius 3 is 2.19 bits per heavy atom. The highest BCUT2D eigenvalue weighted by atomic mass is 35.5. The highest BCUT2D eigenvalue weighted by molar-refractivity contribution is 6.00. The highest BCUT2D eigenvalue weighted by Gasteiger charge is 2.22. The fourth-order valence-corrected chi connectivity index (χ4v) is 2.89. The predicted octanol–water partition coefficient (Wildman–Crippen LogP) is 3.32. The van der Waals surface area contributed by atoms with Gasteiger partial charge in [-0.1, -0.05) is 18.2 Å². The monoisotopic (exact) mass is 374 g/mol. The lowest BCUT2D eigenvalue weighted by Crippen LogP contribution is -2.45. The van der Waals surface area contributed by atoms with Crippen molar-refractivity contribution in [3.63, 3.8) is 0 Å². The number of anilines is 2. The zero-order valence-corrected chi connectivity index (χ0v) is 15.2. The van der Waals surface area contributed by atoms with E-state index in [1.165, 1.54) is 0 Å². The van der Waals surface area contributed by atoms with Gasteiger partial charge in [-0.25, -0.2) is 4.79 Å². The molecule has 1 aliphatic heterocycles. The smallest absolute Gasteiger partial charge is 0.323 e. The van der Waals surface area contributed by atoms with Gasteiger partial charge in [0.15, 0.2) is 0 Å². The van der Waals surface area contributed by atoms with Gasteiger partial charge in [-0.05, 0) is 49.2 Å². The molecular weight excluding hydrogens is 352 g/mol. The van der Waals surface area contributed by atoms with Crippen LogP contribution in [0.4, 0.5) is 16.2 Å². The molecule has 3 rings (SSSR count). The Morgan fingerprint density at radius 1 is 0.962 bits per heavy atom. The van der Waals surface area contributed by atoms with Crippen LogP contribution in [0.3, 0.4) is 0 Å². The average Bonchev–Trinajstić information content (AvgIpc) is 2.62. The highest BCUT2D eigenvalue weighted by Crippen LogP contribution is 2.16. The first kappa shape index (κ1) is 19.8. The molecule has 0 spiro atoms. The molecule has 4 N–H and O–H groups in total. The molecule has 3 amide bonds. The van der Waals surface area contributed by atoms with E-state index in [1.54, 1.807) is 29.2 Å². The number of hydrogen-bond acceptors (Lipinski definition) is 3. The molecule has 1 atom stereocenters. The Bertz CT molecular complexity index is 737. The average molecular weight is 375 g/mol. The topological polar surface area (TPSA) is 87.5 Å². The van der Waals surface area contributed by atoms with Crippen molar-refractivity contribution in [3.05, 3.63) is 60.2 Å². The Kier molecular flexibility index (Phi) is 7.00. The summed E-state index contributed by atoms with van der Waals surface area (Å²) in [6.45, 7) is 1.34. The number of rotatable bonds is 3. The summed E-state index contributed by atoms with van der Waals surface area (Å²) in [5.74, 6) is -0.0181. The first-order valence-corrected chi connectivity index (χ1v) is 8.40. The SMILES string of the molecule is Cl.NC1CCCN(C(=O)c2ccc(NC(=O)Nc3ccccc3)cc2)C1. The molecule has 0 aromatic heterocycles. The Labute approximate surface area is 159 Å². The second kappa shape index (κ2) is 9.22. The van der Waals surface area contributed by atoms with Crippen LogP contribution < -0.4 is 16.4 Å². The number of benzene rings is 2. The van der Waals surface area contributed by atoms with Crippen molar-refractivity contribution in [1.29, 1.82) is 0 Å². The van der Waals surface area contributed by atoms with Gasteiger partial charge in [0.2, 0.25) is 0 Å². The normalized spacial score (nSPS) is 16.3. The second-order valence-electron chi connectivity index (χ2n) is 6.18. The van der Waals surface area contributed by atoms with Crippen LogP contribution in [0.2, 0.25) is 0 Å². The van der Waals surface area contributed by atoms with Crippen molar-refractivity contribution in [1.82, 2.24) is 4.90 Å². The van der Waals surface area contributed by atoms with Gasteiger partial charge in [-0.3, -0.25) is 4.79 Å². The number of nitrogens with zero attached hydrogens (tertiary/aromatic N) is 1. The summed E-state index contributed by atoms with van der Waals surface area (Å²) in [4.78, 5) is 26.3. The van der Waals surface area contributed by atoms with E-state index in [0.717, 1.165) is 19.4 Å². The first-order valence-electron chi connectivity index (χ1n) is 8.40. The largest absolute Gasteiger partial charge is 0.337 e. The number of nitrogens with one attached hydrogen (secondary N) is 2. The fraction of sp³-hybridized carbons (Fsp3) is 0.263. The van der Waals surface area contributed by atoms with Gasteiger partial charge in [0.25, 0.3) is 5.91 Å². The van der Waals surface area contributed by atoms with Crippen LogP contribution >= 0.6 is 12.4 Å². The third-order valence-corrected chi connectivity index (χ3v) is 4.17. The van der Waals surface area contributed by atoms with Gasteiger partial charge in [0.1, 0.15) is 0 Å². The lowest BCUT2D eigenvalue weighted by atomic mass is 10.1. The van der Waals surface area contributed by atoms with Gasteiger partial charge in [0, 0.05) is 36.1 Å². The standard InChI is InChI=1S/C19H22N4O2.ClH/c20-15-5-4-12-23(13-15)18(24)14-8-10-17(11-9-14)22-19(25)21-16-6-2-1-3-7-16;/h1-3,6-11,15H,4-5,12-13,20H2,(H2,21,22,25);1H. The van der Waals surface area contributed by atoms with Crippen LogP contribution in [0.5, 0.6) is 0 Å². The quantitative estimate of drug-likeness (QED) is 0.770. The zero-order chi connectivity index (χ0) is 17.6. The van der Waals surface area contributed by atoms with Gasteiger partial charge in [-0.15, -0.1) is 12.4 Å². The summed E-state index contributed by atoms with van der Waals surface area (Å²) in [5.41, 5.74) is 7.88. The van der Waals surface area contributed by atoms with E-state index in [-0.39, 0.29) is 30.4 Å². The molecule has 0 bridgehead atoms. The minimum absolute atomic E-state index is 0. The molecular formula is C19H23ClN4O2. The van der Waals surface area contributed by atoms with E-state index in [2.05, 4.69) is 10.6 Å². The third kappa shape index (κ3) is 5.21. The van der Waals surface area contributed by atoms with Crippen LogP contribution in [0, 0.1) is 0 Å². The third-order valence-electron chi connectivity index (χ3n) is 4.17. The van der Waals surface area contributed by atoms with E-state index < -0.39 is 0 Å². The number of para-hydroxylation sites is 1. The number of carbonyl (C=O) groups excluding carboxylic acids is 2. The van der Waals surface area contributed by atoms with Gasteiger partial charge < -0.3 is 21.3 Å². The molecule has 0 aliphatic carbocycles. The molecule has 2 aromatic rings. The second-order valence-corrected chi connectivity index (χ2v) is 6.18. The number of amides is 3. The molecule has 138 valence electrons. The lowest BCUT2D eigenvalue weighted by molar-refractivity contribution is 0.0709. The Morgan fingerprint density at radius 2 is 1.58 bits per heavy atom. The number of halogens is 1. The van der Waals surface area contributed by atoms with E-state index in [4.69, 9.17) is 5.73 Å². The summed E-state index contributed by atoms with van der Waals surface area (Å²) in [5, 5.41) is 5.49. The molecule has 1 saturated heterocycles. The molecule has 7 heteroatoms. The summed E-state index contributed by atoms with van der Waals surface area (Å²) >= 11 is 0. The number of likely N-dealkylation sites (tertiary alicyclic amines) is 1. The molecule has 1 heterocycles. The van der Waals surface area contributed by atoms with Crippen LogP contribution in [-0.4, -0.2) is 36.0 Å². The molecule has 26 heavy (non-hydrogen) atoms. The van der Waals surface area contributed by atoms with Crippen LogP contribution in [0.1, 0.15) is 23.2 Å². The van der Waals surface area contributed by atoms with E-state index >= 15 is 0 Å². The summed E-state index contributed by atoms with van der Waals surface area (Å²) in [6, 6.07) is 15.8. The molecule has 1 fully saturated rings. The number of urea groups is 1. The van der Waals surface area contributed by atoms with Crippen molar-refractivity contribution in [3.8, 4) is 0 Å². The van der Waals surface area contributed by atoms with Crippen molar-refractivity contribution < 1.29 is 9.59 Å². The van der Waals surface area contributed by atoms with Crippen molar-refractivity contribution in [2.24, 2.45) is 5.73 Å². The summed E-state index contributed by atoms with van der Waals surface area (Å²) in [6.07, 6.45) is 1.90. The minimum Gasteiger partial charge on any atom is -0.337 e. The van der Waals surface area contributed by atoms with Crippen molar-refractivity contribution in [2.45, 2.75) is 18.9 Å². The summed E-state index contributed by atoms with van der Waals surface area (Å²) in [7, 11) is 0. The first-order chi connectivity index (χ1) is 12.1. The van der Waals surface area contributed by atoms with Gasteiger partial charge >= 0.3 is 6.03 Å². The van der Waals surface area contributed by atoms with Crippen LogP contribution in [0.25, 0.3) is 0 Å². The van der Waals surface area contributed by atoms with E-state index in [9.17, 15) is 9.59 Å². The van der Waals surface area contributed by atoms with Crippen LogP contribution in [-0.2, 0) is 0 Å². The lowest BCUT2D eigenvalue weighted by Gasteiger charge is -2.30. The number of carbonyl (C=O) groups is 2. The van der Waals surface area contributed by atoms with Gasteiger partial charge in [-0.2, -0.15) is 0 Å². The van der Waals surface area contributed by atoms with E-state index in [0.29, 0.717) is 23.5 Å². The van der Waals surface area contributed by atoms with E-state index in [1.807, 2.05) is 30.3 Å². The predicted molar refractivity (Wildman–Crippen MR) is 106 cm³/mol. The van der Waals surface area contributed by atoms with Crippen molar-refractivity contribution >= 4 is 35.7 Å². The molecule has 1 unspecified atom stereocenters. The Hall–Kier alpha value is -2.57. The number of nitrogens with two attached hydrogens (primary N) is 1. The Balaban J connectivity index is 0.00000243. The maximum atomic E-state index is 12.5.